The van der Waals surface area contributed by atoms with Gasteiger partial charge in [0.25, 0.3) is 0 Å². The summed E-state index contributed by atoms with van der Waals surface area (Å²) in [6.07, 6.45) is -1.14. The monoisotopic (exact) mass is 775 g/mol. The van der Waals surface area contributed by atoms with E-state index in [1.807, 2.05) is 0 Å². The minimum atomic E-state index is -1.72. The average Bonchev–Trinajstić information content (AvgIpc) is 3.61. The maximum absolute atomic E-state index is 14.0. The van der Waals surface area contributed by atoms with Crippen LogP contribution in [0.4, 0.5) is 0 Å². The van der Waals surface area contributed by atoms with Gasteiger partial charge in [0.2, 0.25) is 35.4 Å². The first-order valence-corrected chi connectivity index (χ1v) is 18.1. The Hall–Kier alpha value is -5.59. The summed E-state index contributed by atoms with van der Waals surface area (Å²) in [5.41, 5.74) is 6.07. The number of aliphatic carboxylic acids is 3. The van der Waals surface area contributed by atoms with Crippen molar-refractivity contribution in [2.24, 2.45) is 17.6 Å². The summed E-state index contributed by atoms with van der Waals surface area (Å²) in [4.78, 5) is 116. The highest BCUT2D eigenvalue weighted by atomic mass is 16.4. The number of carbonyl (C=O) groups is 9. The summed E-state index contributed by atoms with van der Waals surface area (Å²) in [6, 6.07) is 0.190. The molecule has 1 fully saturated rings. The summed E-state index contributed by atoms with van der Waals surface area (Å²) >= 11 is 0. The molecule has 1 aliphatic rings. The molecule has 6 amide bonds. The quantitative estimate of drug-likeness (QED) is 0.0665. The van der Waals surface area contributed by atoms with E-state index in [0.717, 1.165) is 0 Å². The molecule has 1 heterocycles. The highest BCUT2D eigenvalue weighted by molar-refractivity contribution is 5.97. The molecule has 2 rings (SSSR count). The van der Waals surface area contributed by atoms with E-state index in [9.17, 15) is 58.5 Å². The van der Waals surface area contributed by atoms with Gasteiger partial charge in [-0.25, -0.2) is 4.79 Å². The Labute approximate surface area is 318 Å². The molecule has 19 heteroatoms. The lowest BCUT2D eigenvalue weighted by Gasteiger charge is -2.28. The smallest absolute Gasteiger partial charge is 0.326 e. The highest BCUT2D eigenvalue weighted by Gasteiger charge is 2.37. The van der Waals surface area contributed by atoms with E-state index in [0.29, 0.717) is 12.0 Å². The molecule has 304 valence electrons. The molecule has 0 bridgehead atoms. The van der Waals surface area contributed by atoms with Crippen LogP contribution in [0.5, 0.6) is 0 Å². The third kappa shape index (κ3) is 15.0. The lowest BCUT2D eigenvalue weighted by Crippen LogP contribution is -2.60. The lowest BCUT2D eigenvalue weighted by atomic mass is 10.00. The maximum atomic E-state index is 14.0. The van der Waals surface area contributed by atoms with Crippen LogP contribution in [0, 0.1) is 11.8 Å². The van der Waals surface area contributed by atoms with Gasteiger partial charge in [-0.15, -0.1) is 0 Å². The highest BCUT2D eigenvalue weighted by Crippen LogP contribution is 2.18. The molecule has 6 unspecified atom stereocenters. The SMILES string of the molecule is CC(C)CC(NC(=O)C(Cc1ccccc1)NC(=O)C(CCC(=O)O)NC(=O)C1CCCN1C(=O)CN)C(=O)NC(CC(=O)O)C(=O)NC(C(=O)O)C(C)C. The summed E-state index contributed by atoms with van der Waals surface area (Å²) in [5, 5.41) is 40.6. The average molecular weight is 776 g/mol. The molecule has 0 radical (unpaired) electrons. The van der Waals surface area contributed by atoms with E-state index in [-0.39, 0.29) is 44.7 Å². The summed E-state index contributed by atoms with van der Waals surface area (Å²) in [7, 11) is 0. The number of carboxylic acid groups (broad SMARTS) is 3. The molecule has 0 aliphatic carbocycles. The molecule has 1 aromatic carbocycles. The van der Waals surface area contributed by atoms with E-state index >= 15 is 0 Å². The number of likely N-dealkylation sites (tertiary alicyclic amines) is 1. The molecule has 10 N–H and O–H groups in total. The van der Waals surface area contributed by atoms with E-state index in [1.54, 1.807) is 44.2 Å². The summed E-state index contributed by atoms with van der Waals surface area (Å²) in [5.74, 6) is -9.90. The van der Waals surface area contributed by atoms with Crippen LogP contribution >= 0.6 is 0 Å². The normalized spacial score (nSPS) is 16.6. The second-order valence-electron chi connectivity index (χ2n) is 14.1. The van der Waals surface area contributed by atoms with Crippen LogP contribution < -0.4 is 32.3 Å². The molecule has 6 atom stereocenters. The van der Waals surface area contributed by atoms with Crippen molar-refractivity contribution < 1.29 is 58.5 Å². The molecule has 19 nitrogen and oxygen atoms in total. The first-order chi connectivity index (χ1) is 25.8. The fourth-order valence-corrected chi connectivity index (χ4v) is 5.99. The van der Waals surface area contributed by atoms with E-state index < -0.39 is 108 Å². The summed E-state index contributed by atoms with van der Waals surface area (Å²) in [6.45, 7) is 6.46. The first kappa shape index (κ1) is 45.6. The van der Waals surface area contributed by atoms with Crippen molar-refractivity contribution in [1.29, 1.82) is 0 Å². The number of amides is 6. The Morgan fingerprint density at radius 3 is 1.85 bits per heavy atom. The molecule has 1 aromatic rings. The molecule has 1 saturated heterocycles. The third-order valence-corrected chi connectivity index (χ3v) is 8.83. The van der Waals surface area contributed by atoms with Crippen LogP contribution in [0.1, 0.15) is 71.8 Å². The zero-order valence-electron chi connectivity index (χ0n) is 31.4. The molecule has 0 aromatic heterocycles. The molecule has 0 saturated carbocycles. The third-order valence-electron chi connectivity index (χ3n) is 8.83. The Morgan fingerprint density at radius 2 is 1.31 bits per heavy atom. The fraction of sp³-hybridized carbons (Fsp3) is 0.583. The Balaban J connectivity index is 2.39. The van der Waals surface area contributed by atoms with Gasteiger partial charge in [0.15, 0.2) is 0 Å². The van der Waals surface area contributed by atoms with Gasteiger partial charge in [0.1, 0.15) is 36.3 Å². The number of carbonyl (C=O) groups excluding carboxylic acids is 6. The van der Waals surface area contributed by atoms with Crippen molar-refractivity contribution in [2.75, 3.05) is 13.1 Å². The van der Waals surface area contributed by atoms with Crippen molar-refractivity contribution in [3.05, 3.63) is 35.9 Å². The van der Waals surface area contributed by atoms with Gasteiger partial charge in [0.05, 0.1) is 13.0 Å². The zero-order valence-corrected chi connectivity index (χ0v) is 31.4. The van der Waals surface area contributed by atoms with Gasteiger partial charge in [-0.05, 0) is 43.1 Å². The van der Waals surface area contributed by atoms with Crippen LogP contribution in [0.3, 0.4) is 0 Å². The van der Waals surface area contributed by atoms with Gasteiger partial charge in [-0.1, -0.05) is 58.0 Å². The number of nitrogens with zero attached hydrogens (tertiary/aromatic N) is 1. The van der Waals surface area contributed by atoms with Crippen molar-refractivity contribution in [3.8, 4) is 0 Å². The predicted molar refractivity (Wildman–Crippen MR) is 195 cm³/mol. The van der Waals surface area contributed by atoms with Gasteiger partial charge >= 0.3 is 17.9 Å². The van der Waals surface area contributed by atoms with Crippen molar-refractivity contribution in [1.82, 2.24) is 31.5 Å². The second-order valence-corrected chi connectivity index (χ2v) is 14.1. The number of nitrogens with one attached hydrogen (secondary N) is 5. The molecule has 55 heavy (non-hydrogen) atoms. The molecular formula is C36H53N7O12. The number of hydrogen-bond acceptors (Lipinski definition) is 10. The summed E-state index contributed by atoms with van der Waals surface area (Å²) < 4.78 is 0. The molecule has 1 aliphatic heterocycles. The molecular weight excluding hydrogens is 722 g/mol. The topological polar surface area (TPSA) is 304 Å². The standard InChI is InChI=1S/C36H53N7O12/c1-19(2)15-23(32(50)41-25(17-29(47)48)34(52)42-30(20(3)4)36(54)55)39-33(51)24(16-21-9-6-5-7-10-21)40-31(49)22(12-13-28(45)46)38-35(53)26-11-8-14-43(26)27(44)18-37/h5-7,9-10,19-20,22-26,30H,8,11-18,37H2,1-4H3,(H,38,53)(H,39,51)(H,40,49)(H,41,50)(H,42,52)(H,45,46)(H,47,48)(H,54,55). The lowest BCUT2D eigenvalue weighted by molar-refractivity contribution is -0.144. The minimum Gasteiger partial charge on any atom is -0.481 e. The number of benzene rings is 1. The largest absolute Gasteiger partial charge is 0.481 e. The van der Waals surface area contributed by atoms with E-state index in [1.165, 1.54) is 18.7 Å². The fourth-order valence-electron chi connectivity index (χ4n) is 5.99. The van der Waals surface area contributed by atoms with Crippen molar-refractivity contribution in [2.45, 2.75) is 109 Å². The van der Waals surface area contributed by atoms with Gasteiger partial charge in [-0.3, -0.25) is 38.4 Å². The van der Waals surface area contributed by atoms with Crippen LogP contribution in [-0.4, -0.2) is 123 Å². The first-order valence-electron chi connectivity index (χ1n) is 18.1. The van der Waals surface area contributed by atoms with Crippen LogP contribution in [0.2, 0.25) is 0 Å². The van der Waals surface area contributed by atoms with Gasteiger partial charge in [0, 0.05) is 19.4 Å². The Kier molecular flexibility index (Phi) is 18.2. The number of carboxylic acids is 3. The zero-order chi connectivity index (χ0) is 41.4. The molecule has 0 spiro atoms. The van der Waals surface area contributed by atoms with Crippen LogP contribution in [-0.2, 0) is 49.6 Å². The van der Waals surface area contributed by atoms with Crippen molar-refractivity contribution >= 4 is 53.4 Å². The maximum Gasteiger partial charge on any atom is 0.326 e. The predicted octanol–water partition coefficient (Wildman–Crippen LogP) is -1.27. The second kappa shape index (κ2) is 21.9. The van der Waals surface area contributed by atoms with Crippen LogP contribution in [0.25, 0.3) is 0 Å². The van der Waals surface area contributed by atoms with E-state index in [4.69, 9.17) is 5.73 Å². The van der Waals surface area contributed by atoms with Gasteiger partial charge in [-0.2, -0.15) is 0 Å². The van der Waals surface area contributed by atoms with E-state index in [2.05, 4.69) is 26.6 Å². The number of hydrogen-bond donors (Lipinski definition) is 9. The Bertz CT molecular complexity index is 1550. The Morgan fingerprint density at radius 1 is 0.745 bits per heavy atom. The van der Waals surface area contributed by atoms with Crippen LogP contribution in [0.15, 0.2) is 30.3 Å². The number of rotatable bonds is 22. The van der Waals surface area contributed by atoms with Crippen molar-refractivity contribution in [3.63, 3.8) is 0 Å². The number of nitrogens with two attached hydrogens (primary N) is 1. The van der Waals surface area contributed by atoms with Gasteiger partial charge < -0.3 is 52.5 Å². The minimum absolute atomic E-state index is 0.00850.